The molecule has 1 aromatic heterocycles. The van der Waals surface area contributed by atoms with Gasteiger partial charge in [0.25, 0.3) is 5.91 Å². The number of hydrogen-bond acceptors (Lipinski definition) is 4. The number of thiazole rings is 1. The van der Waals surface area contributed by atoms with Crippen molar-refractivity contribution in [3.63, 3.8) is 0 Å². The van der Waals surface area contributed by atoms with Crippen LogP contribution in [-0.4, -0.2) is 34.4 Å². The number of amides is 1. The fourth-order valence-electron chi connectivity index (χ4n) is 2.91. The molecule has 1 aliphatic heterocycles. The summed E-state index contributed by atoms with van der Waals surface area (Å²) in [6, 6.07) is 10.6. The van der Waals surface area contributed by atoms with Crippen molar-refractivity contribution in [2.45, 2.75) is 38.3 Å². The van der Waals surface area contributed by atoms with Crippen LogP contribution in [0.5, 0.6) is 0 Å². The molecule has 1 amide bonds. The van der Waals surface area contributed by atoms with Gasteiger partial charge in [-0.15, -0.1) is 11.3 Å². The van der Waals surface area contributed by atoms with E-state index in [1.807, 2.05) is 23.1 Å². The molecule has 0 aliphatic carbocycles. The Morgan fingerprint density at radius 3 is 2.91 bits per heavy atom. The van der Waals surface area contributed by atoms with Gasteiger partial charge in [-0.2, -0.15) is 0 Å². The van der Waals surface area contributed by atoms with Gasteiger partial charge >= 0.3 is 0 Å². The molecule has 2 atom stereocenters. The van der Waals surface area contributed by atoms with Gasteiger partial charge in [0, 0.05) is 25.0 Å². The lowest BCUT2D eigenvalue weighted by atomic mass is 9.99. The van der Waals surface area contributed by atoms with E-state index in [9.17, 15) is 4.79 Å². The predicted octanol–water partition coefficient (Wildman–Crippen LogP) is 2.69. The second-order valence-corrected chi connectivity index (χ2v) is 7.03. The number of hydrogen-bond donors (Lipinski definition) is 1. The Morgan fingerprint density at radius 1 is 1.41 bits per heavy atom. The number of rotatable bonds is 3. The smallest absolute Gasteiger partial charge is 0.265 e. The van der Waals surface area contributed by atoms with Gasteiger partial charge in [0.15, 0.2) is 0 Å². The molecule has 3 rings (SSSR count). The molecule has 0 radical (unpaired) electrons. The predicted molar refractivity (Wildman–Crippen MR) is 89.1 cm³/mol. The molecule has 1 fully saturated rings. The molecule has 1 aliphatic rings. The number of benzene rings is 1. The monoisotopic (exact) mass is 315 g/mol. The molecule has 2 heterocycles. The van der Waals surface area contributed by atoms with Crippen LogP contribution in [0.3, 0.4) is 0 Å². The molecule has 0 bridgehead atoms. The highest BCUT2D eigenvalue weighted by atomic mass is 32.1. The molecule has 2 unspecified atom stereocenters. The van der Waals surface area contributed by atoms with Crippen molar-refractivity contribution in [3.8, 4) is 0 Å². The number of nitrogens with zero attached hydrogens (tertiary/aromatic N) is 2. The summed E-state index contributed by atoms with van der Waals surface area (Å²) in [5.74, 6) is 0.0937. The first-order valence-electron chi connectivity index (χ1n) is 7.68. The van der Waals surface area contributed by atoms with E-state index >= 15 is 0 Å². The zero-order valence-corrected chi connectivity index (χ0v) is 13.6. The van der Waals surface area contributed by atoms with Crippen molar-refractivity contribution in [3.05, 3.63) is 52.0 Å². The van der Waals surface area contributed by atoms with Crippen LogP contribution in [0.1, 0.15) is 40.0 Å². The largest absolute Gasteiger partial charge is 0.335 e. The van der Waals surface area contributed by atoms with Crippen LogP contribution in [-0.2, 0) is 6.42 Å². The summed E-state index contributed by atoms with van der Waals surface area (Å²) in [7, 11) is 0. The standard InChI is InChI=1S/C17H21N3OS/c1-12-9-14(18)7-8-20(12)17(21)15-11-19-16(22-15)10-13-5-3-2-4-6-13/h2-6,11-12,14H,7-10,18H2,1H3. The first-order chi connectivity index (χ1) is 10.6. The second kappa shape index (κ2) is 6.58. The Labute approximate surface area is 135 Å². The van der Waals surface area contributed by atoms with Gasteiger partial charge in [-0.25, -0.2) is 4.98 Å². The highest BCUT2D eigenvalue weighted by Crippen LogP contribution is 2.23. The molecule has 5 heteroatoms. The topological polar surface area (TPSA) is 59.2 Å². The minimum Gasteiger partial charge on any atom is -0.335 e. The van der Waals surface area contributed by atoms with Crippen LogP contribution in [0.4, 0.5) is 0 Å². The quantitative estimate of drug-likeness (QED) is 0.947. The third-order valence-electron chi connectivity index (χ3n) is 4.14. The van der Waals surface area contributed by atoms with Crippen molar-refractivity contribution in [2.75, 3.05) is 6.54 Å². The van der Waals surface area contributed by atoms with E-state index in [4.69, 9.17) is 5.73 Å². The summed E-state index contributed by atoms with van der Waals surface area (Å²) >= 11 is 1.50. The fraction of sp³-hybridized carbons (Fsp3) is 0.412. The summed E-state index contributed by atoms with van der Waals surface area (Å²) in [5, 5.41) is 0.982. The van der Waals surface area contributed by atoms with Gasteiger partial charge in [-0.3, -0.25) is 4.79 Å². The second-order valence-electron chi connectivity index (χ2n) is 5.91. The van der Waals surface area contributed by atoms with Crippen molar-refractivity contribution >= 4 is 17.2 Å². The lowest BCUT2D eigenvalue weighted by Crippen LogP contribution is -2.48. The number of carbonyl (C=O) groups excluding carboxylic acids is 1. The third-order valence-corrected chi connectivity index (χ3v) is 5.13. The summed E-state index contributed by atoms with van der Waals surface area (Å²) in [5.41, 5.74) is 7.18. The van der Waals surface area contributed by atoms with E-state index in [1.54, 1.807) is 6.20 Å². The van der Waals surface area contributed by atoms with Gasteiger partial charge in [-0.1, -0.05) is 30.3 Å². The zero-order chi connectivity index (χ0) is 15.5. The average Bonchev–Trinajstić information content (AvgIpc) is 2.96. The Morgan fingerprint density at radius 2 is 2.18 bits per heavy atom. The molecular weight excluding hydrogens is 294 g/mol. The third kappa shape index (κ3) is 3.36. The van der Waals surface area contributed by atoms with Crippen molar-refractivity contribution in [1.82, 2.24) is 9.88 Å². The Hall–Kier alpha value is -1.72. The Bertz CT molecular complexity index is 640. The average molecular weight is 315 g/mol. The number of likely N-dealkylation sites (tertiary alicyclic amines) is 1. The lowest BCUT2D eigenvalue weighted by molar-refractivity contribution is 0.0624. The molecule has 22 heavy (non-hydrogen) atoms. The Kier molecular flexibility index (Phi) is 4.55. The SMILES string of the molecule is CC1CC(N)CCN1C(=O)c1cnc(Cc2ccccc2)s1. The van der Waals surface area contributed by atoms with Gasteiger partial charge in [-0.05, 0) is 25.3 Å². The normalized spacial score (nSPS) is 21.8. The van der Waals surface area contributed by atoms with E-state index in [0.29, 0.717) is 0 Å². The number of nitrogens with two attached hydrogens (primary N) is 1. The van der Waals surface area contributed by atoms with Gasteiger partial charge in [0.2, 0.25) is 0 Å². The van der Waals surface area contributed by atoms with Crippen molar-refractivity contribution in [1.29, 1.82) is 0 Å². The molecule has 0 saturated carbocycles. The van der Waals surface area contributed by atoms with Crippen molar-refractivity contribution in [2.24, 2.45) is 5.73 Å². The maximum absolute atomic E-state index is 12.6. The molecule has 116 valence electrons. The van der Waals surface area contributed by atoms with Gasteiger partial charge in [0.1, 0.15) is 4.88 Å². The summed E-state index contributed by atoms with van der Waals surface area (Å²) in [6.45, 7) is 2.82. The minimum absolute atomic E-state index is 0.0937. The zero-order valence-electron chi connectivity index (χ0n) is 12.7. The molecule has 1 aromatic carbocycles. The first kappa shape index (κ1) is 15.2. The highest BCUT2D eigenvalue weighted by Gasteiger charge is 2.28. The van der Waals surface area contributed by atoms with Gasteiger partial charge in [0.05, 0.1) is 11.2 Å². The van der Waals surface area contributed by atoms with Crippen LogP contribution in [0.25, 0.3) is 0 Å². The molecule has 2 aromatic rings. The van der Waals surface area contributed by atoms with Crippen LogP contribution in [0.2, 0.25) is 0 Å². The maximum atomic E-state index is 12.6. The van der Waals surface area contributed by atoms with E-state index < -0.39 is 0 Å². The number of aromatic nitrogens is 1. The lowest BCUT2D eigenvalue weighted by Gasteiger charge is -2.36. The van der Waals surface area contributed by atoms with E-state index in [-0.39, 0.29) is 18.0 Å². The van der Waals surface area contributed by atoms with Crippen LogP contribution in [0, 0.1) is 0 Å². The van der Waals surface area contributed by atoms with E-state index in [1.165, 1.54) is 16.9 Å². The van der Waals surface area contributed by atoms with Crippen molar-refractivity contribution < 1.29 is 4.79 Å². The van der Waals surface area contributed by atoms with Gasteiger partial charge < -0.3 is 10.6 Å². The summed E-state index contributed by atoms with van der Waals surface area (Å²) in [4.78, 5) is 19.7. The number of piperidine rings is 1. The molecule has 0 spiro atoms. The van der Waals surface area contributed by atoms with Crippen LogP contribution in [0.15, 0.2) is 36.5 Å². The van der Waals surface area contributed by atoms with Crippen LogP contribution < -0.4 is 5.73 Å². The minimum atomic E-state index is 0.0937. The number of carbonyl (C=O) groups is 1. The van der Waals surface area contributed by atoms with E-state index in [0.717, 1.165) is 35.7 Å². The maximum Gasteiger partial charge on any atom is 0.265 e. The fourth-order valence-corrected chi connectivity index (χ4v) is 3.82. The summed E-state index contributed by atoms with van der Waals surface area (Å²) < 4.78 is 0. The van der Waals surface area contributed by atoms with Crippen LogP contribution >= 0.6 is 11.3 Å². The molecule has 2 N–H and O–H groups in total. The summed E-state index contributed by atoms with van der Waals surface area (Å²) in [6.07, 6.45) is 4.25. The highest BCUT2D eigenvalue weighted by molar-refractivity contribution is 7.13. The first-order valence-corrected chi connectivity index (χ1v) is 8.50. The molecule has 1 saturated heterocycles. The molecule has 4 nitrogen and oxygen atoms in total. The molecular formula is C17H21N3OS. The Balaban J connectivity index is 1.69. The van der Waals surface area contributed by atoms with E-state index in [2.05, 4.69) is 24.0 Å².